The van der Waals surface area contributed by atoms with Crippen LogP contribution in [0.25, 0.3) is 0 Å². The zero-order chi connectivity index (χ0) is 13.7. The quantitative estimate of drug-likeness (QED) is 0.853. The van der Waals surface area contributed by atoms with Crippen molar-refractivity contribution in [2.75, 3.05) is 12.8 Å². The van der Waals surface area contributed by atoms with Gasteiger partial charge in [0, 0.05) is 5.54 Å². The maximum atomic E-state index is 12.5. The lowest BCUT2D eigenvalue weighted by Gasteiger charge is -2.45. The highest BCUT2D eigenvalue weighted by atomic mass is 32.2. The van der Waals surface area contributed by atoms with Gasteiger partial charge in [-0.25, -0.2) is 0 Å². The molecule has 0 radical (unpaired) electrons. The number of carbonyl (C=O) groups excluding carboxylic acids is 1. The van der Waals surface area contributed by atoms with Gasteiger partial charge in [0.25, 0.3) is 5.91 Å². The van der Waals surface area contributed by atoms with Gasteiger partial charge in [0.05, 0.1) is 26.9 Å². The molecule has 5 heteroatoms. The van der Waals surface area contributed by atoms with E-state index in [4.69, 9.17) is 0 Å². The van der Waals surface area contributed by atoms with Crippen LogP contribution in [0.5, 0.6) is 0 Å². The minimum Gasteiger partial charge on any atom is -0.346 e. The summed E-state index contributed by atoms with van der Waals surface area (Å²) in [6.07, 6.45) is 10.7. The van der Waals surface area contributed by atoms with E-state index in [0.29, 0.717) is 0 Å². The maximum absolute atomic E-state index is 12.5. The first-order valence-electron chi connectivity index (χ1n) is 6.96. The van der Waals surface area contributed by atoms with Crippen LogP contribution < -0.4 is 5.32 Å². The van der Waals surface area contributed by atoms with Gasteiger partial charge < -0.3 is 5.32 Å². The standard InChI is InChI=1S/C15H16N2OS2/c1-19-14-11-9(12(20-14)10-4-2-7-16-10)8-15(5-3-6-15)17-13(11)18/h2,4H,3,5-8H2,1H3,(H,17,18). The molecule has 1 aromatic rings. The Kier molecular flexibility index (Phi) is 2.82. The Morgan fingerprint density at radius 1 is 1.45 bits per heavy atom. The molecular weight excluding hydrogens is 288 g/mol. The minimum absolute atomic E-state index is 0.0401. The lowest BCUT2D eigenvalue weighted by molar-refractivity contribution is 0.0794. The van der Waals surface area contributed by atoms with Crippen LogP contribution in [0.2, 0.25) is 0 Å². The van der Waals surface area contributed by atoms with Crippen molar-refractivity contribution in [2.45, 2.75) is 35.4 Å². The Labute approximate surface area is 126 Å². The first-order chi connectivity index (χ1) is 9.72. The first-order valence-corrected chi connectivity index (χ1v) is 9.00. The zero-order valence-corrected chi connectivity index (χ0v) is 13.0. The lowest BCUT2D eigenvalue weighted by atomic mass is 9.70. The number of thiophene rings is 1. The molecule has 3 nitrogen and oxygen atoms in total. The third-order valence-electron chi connectivity index (χ3n) is 4.47. The number of nitrogens with zero attached hydrogens (tertiary/aromatic N) is 1. The first kappa shape index (κ1) is 12.7. The molecule has 1 saturated carbocycles. The molecule has 2 aliphatic heterocycles. The number of rotatable bonds is 2. The van der Waals surface area contributed by atoms with E-state index in [0.717, 1.165) is 41.3 Å². The lowest BCUT2D eigenvalue weighted by Crippen LogP contribution is -2.57. The number of nitrogens with one attached hydrogen (secondary N) is 1. The fourth-order valence-electron chi connectivity index (χ4n) is 3.30. The molecule has 1 amide bonds. The molecule has 3 heterocycles. The minimum atomic E-state index is 0.0401. The predicted octanol–water partition coefficient (Wildman–Crippen LogP) is 3.04. The highest BCUT2D eigenvalue weighted by Crippen LogP contribution is 2.45. The van der Waals surface area contributed by atoms with E-state index in [-0.39, 0.29) is 11.4 Å². The van der Waals surface area contributed by atoms with Crippen molar-refractivity contribution >= 4 is 34.7 Å². The van der Waals surface area contributed by atoms with Crippen molar-refractivity contribution in [1.82, 2.24) is 5.32 Å². The Bertz CT molecular complexity index is 653. The molecule has 104 valence electrons. The van der Waals surface area contributed by atoms with Crippen LogP contribution in [-0.4, -0.2) is 30.0 Å². The average Bonchev–Trinajstić information content (AvgIpc) is 3.03. The summed E-state index contributed by atoms with van der Waals surface area (Å²) in [4.78, 5) is 18.3. The maximum Gasteiger partial charge on any atom is 0.254 e. The number of fused-ring (bicyclic) bond motifs is 1. The molecule has 1 fully saturated rings. The fraction of sp³-hybridized carbons (Fsp3) is 0.467. The van der Waals surface area contributed by atoms with Crippen molar-refractivity contribution in [1.29, 1.82) is 0 Å². The third kappa shape index (κ3) is 1.72. The summed E-state index contributed by atoms with van der Waals surface area (Å²) >= 11 is 3.40. The monoisotopic (exact) mass is 304 g/mol. The topological polar surface area (TPSA) is 41.5 Å². The summed E-state index contributed by atoms with van der Waals surface area (Å²) in [5.41, 5.74) is 3.26. The van der Waals surface area contributed by atoms with E-state index in [9.17, 15) is 4.79 Å². The van der Waals surface area contributed by atoms with Crippen LogP contribution >= 0.6 is 23.1 Å². The smallest absolute Gasteiger partial charge is 0.254 e. The summed E-state index contributed by atoms with van der Waals surface area (Å²) < 4.78 is 1.13. The van der Waals surface area contributed by atoms with E-state index in [1.165, 1.54) is 16.9 Å². The summed E-state index contributed by atoms with van der Waals surface area (Å²) in [5.74, 6) is 0.125. The molecule has 0 aromatic carbocycles. The molecular formula is C15H16N2OS2. The normalized spacial score (nSPS) is 22.4. The second-order valence-electron chi connectivity index (χ2n) is 5.67. The van der Waals surface area contributed by atoms with Crippen LogP contribution in [0.3, 0.4) is 0 Å². The number of amides is 1. The molecule has 1 N–H and O–H groups in total. The Balaban J connectivity index is 1.86. The van der Waals surface area contributed by atoms with Crippen molar-refractivity contribution in [2.24, 2.45) is 4.99 Å². The fourth-order valence-corrected chi connectivity index (χ4v) is 5.34. The van der Waals surface area contributed by atoms with Gasteiger partial charge >= 0.3 is 0 Å². The second kappa shape index (κ2) is 4.46. The van der Waals surface area contributed by atoms with E-state index in [1.54, 1.807) is 23.1 Å². The number of hydrogen-bond acceptors (Lipinski definition) is 4. The van der Waals surface area contributed by atoms with E-state index in [1.807, 2.05) is 6.26 Å². The van der Waals surface area contributed by atoms with Gasteiger partial charge in [-0.15, -0.1) is 23.1 Å². The Morgan fingerprint density at radius 3 is 2.90 bits per heavy atom. The molecule has 0 atom stereocenters. The Morgan fingerprint density at radius 2 is 2.30 bits per heavy atom. The van der Waals surface area contributed by atoms with Crippen molar-refractivity contribution in [3.05, 3.63) is 28.2 Å². The number of thioether (sulfide) groups is 1. The predicted molar refractivity (Wildman–Crippen MR) is 84.4 cm³/mol. The number of aliphatic imine (C=N–C) groups is 1. The van der Waals surface area contributed by atoms with Crippen molar-refractivity contribution in [3.8, 4) is 0 Å². The molecule has 0 unspecified atom stereocenters. The van der Waals surface area contributed by atoms with Crippen LogP contribution in [-0.2, 0) is 6.42 Å². The van der Waals surface area contributed by atoms with Crippen LogP contribution in [0.15, 0.2) is 21.4 Å². The highest BCUT2D eigenvalue weighted by molar-refractivity contribution is 8.00. The number of carbonyl (C=O) groups is 1. The summed E-state index contributed by atoms with van der Waals surface area (Å²) in [6.45, 7) is 0.772. The molecule has 1 aromatic heterocycles. The highest BCUT2D eigenvalue weighted by Gasteiger charge is 2.45. The van der Waals surface area contributed by atoms with Gasteiger partial charge in [-0.3, -0.25) is 9.79 Å². The van der Waals surface area contributed by atoms with E-state index >= 15 is 0 Å². The van der Waals surface area contributed by atoms with Crippen LogP contribution in [0, 0.1) is 0 Å². The molecule has 1 spiro atoms. The number of hydrogen-bond donors (Lipinski definition) is 1. The molecule has 4 rings (SSSR count). The van der Waals surface area contributed by atoms with Crippen LogP contribution in [0.4, 0.5) is 0 Å². The van der Waals surface area contributed by atoms with Gasteiger partial charge in [-0.1, -0.05) is 6.08 Å². The van der Waals surface area contributed by atoms with Crippen LogP contribution in [0.1, 0.15) is 40.1 Å². The molecule has 0 saturated heterocycles. The van der Waals surface area contributed by atoms with Gasteiger partial charge in [0.1, 0.15) is 0 Å². The van der Waals surface area contributed by atoms with Crippen molar-refractivity contribution in [3.63, 3.8) is 0 Å². The van der Waals surface area contributed by atoms with Gasteiger partial charge in [-0.05, 0) is 43.6 Å². The summed E-state index contributed by atoms with van der Waals surface area (Å²) in [7, 11) is 0. The van der Waals surface area contributed by atoms with Gasteiger partial charge in [0.15, 0.2) is 0 Å². The zero-order valence-electron chi connectivity index (χ0n) is 11.4. The third-order valence-corrected chi connectivity index (χ3v) is 6.84. The summed E-state index contributed by atoms with van der Waals surface area (Å²) in [6, 6.07) is 0. The second-order valence-corrected chi connectivity index (χ2v) is 7.76. The Hall–Kier alpha value is -1.07. The van der Waals surface area contributed by atoms with Gasteiger partial charge in [-0.2, -0.15) is 0 Å². The number of allylic oxidation sites excluding steroid dienone is 1. The van der Waals surface area contributed by atoms with E-state index in [2.05, 4.69) is 22.5 Å². The SMILES string of the molecule is CSc1sc(C2=NCC=C2)c2c1C(=O)NC1(CCC1)C2. The largest absolute Gasteiger partial charge is 0.346 e. The molecule has 3 aliphatic rings. The van der Waals surface area contributed by atoms with Gasteiger partial charge in [0.2, 0.25) is 0 Å². The molecule has 1 aliphatic carbocycles. The average molecular weight is 304 g/mol. The van der Waals surface area contributed by atoms with E-state index < -0.39 is 0 Å². The summed E-state index contributed by atoms with van der Waals surface area (Å²) in [5, 5.41) is 3.26. The molecule has 20 heavy (non-hydrogen) atoms. The molecule has 0 bridgehead atoms. The van der Waals surface area contributed by atoms with Crippen molar-refractivity contribution < 1.29 is 4.79 Å².